The summed E-state index contributed by atoms with van der Waals surface area (Å²) < 4.78 is 51.8. The van der Waals surface area contributed by atoms with Gasteiger partial charge in [-0.3, -0.25) is 0 Å². The van der Waals surface area contributed by atoms with Gasteiger partial charge in [0.2, 0.25) is 0 Å². The maximum Gasteiger partial charge on any atom is 0.327 e. The molecular weight excluding hydrogens is 316 g/mol. The number of para-hydroxylation sites is 2. The molecule has 1 atom stereocenters. The Hall–Kier alpha value is -1.32. The Morgan fingerprint density at radius 2 is 1.86 bits per heavy atom. The number of nitrogens with one attached hydrogen (secondary N) is 1. The van der Waals surface area contributed by atoms with E-state index in [1.54, 1.807) is 25.1 Å². The molecule has 7 nitrogen and oxygen atoms in total. The quantitative estimate of drug-likeness (QED) is 0.878. The minimum absolute atomic E-state index is 0.0390. The summed E-state index contributed by atoms with van der Waals surface area (Å²) in [6.07, 6.45) is 2.51. The molecule has 0 aromatic heterocycles. The first kappa shape index (κ1) is 16.1. The van der Waals surface area contributed by atoms with Crippen LogP contribution in [-0.4, -0.2) is 43.9 Å². The second kappa shape index (κ2) is 5.47. The molecule has 1 unspecified atom stereocenters. The monoisotopic (exact) mass is 334 g/mol. The van der Waals surface area contributed by atoms with E-state index in [9.17, 15) is 12.6 Å². The van der Waals surface area contributed by atoms with Gasteiger partial charge in [0.1, 0.15) is 6.61 Å². The van der Waals surface area contributed by atoms with Crippen LogP contribution >= 0.6 is 0 Å². The van der Waals surface area contributed by atoms with Crippen LogP contribution < -0.4 is 14.2 Å². The molecule has 0 radical (unpaired) electrons. The molecule has 0 fully saturated rings. The van der Waals surface area contributed by atoms with Crippen LogP contribution in [0, 0.1) is 0 Å². The fourth-order valence-electron chi connectivity index (χ4n) is 1.77. The molecule has 9 heteroatoms. The predicted molar refractivity (Wildman–Crippen MR) is 80.3 cm³/mol. The number of rotatable bonds is 4. The van der Waals surface area contributed by atoms with E-state index in [1.807, 2.05) is 6.07 Å². The molecule has 118 valence electrons. The van der Waals surface area contributed by atoms with Crippen LogP contribution in [-0.2, 0) is 19.9 Å². The molecule has 2 rings (SSSR count). The van der Waals surface area contributed by atoms with Gasteiger partial charge < -0.3 is 9.47 Å². The van der Waals surface area contributed by atoms with Crippen molar-refractivity contribution in [3.63, 3.8) is 0 Å². The molecule has 0 saturated carbocycles. The Kier molecular flexibility index (Phi) is 4.18. The van der Waals surface area contributed by atoms with Crippen molar-refractivity contribution in [1.82, 2.24) is 4.72 Å². The zero-order valence-electron chi connectivity index (χ0n) is 12.0. The van der Waals surface area contributed by atoms with Crippen molar-refractivity contribution in [2.75, 3.05) is 25.7 Å². The highest BCUT2D eigenvalue weighted by Gasteiger charge is 2.34. The van der Waals surface area contributed by atoms with E-state index in [1.165, 1.54) is 12.5 Å². The van der Waals surface area contributed by atoms with E-state index in [0.29, 0.717) is 11.5 Å². The molecule has 1 aromatic carbocycles. The summed E-state index contributed by atoms with van der Waals surface area (Å²) >= 11 is 0. The number of nitrogens with zero attached hydrogens (tertiary/aromatic N) is 1. The standard InChI is InChI=1S/C12H18N2O5S2/c1-12(8-13-21(16,17)14-20(2,3)15)9-18-10-6-4-5-7-11(10)19-12/h4-7,13H,8-9H2,1-3H3. The lowest BCUT2D eigenvalue weighted by Crippen LogP contribution is -2.50. The maximum absolute atomic E-state index is 11.7. The molecule has 0 spiro atoms. The SMILES string of the molecule is CC1(CNS(=O)(=O)N=S(C)(C)=O)COc2ccccc2O1. The normalized spacial score (nSPS) is 21.9. The van der Waals surface area contributed by atoms with Crippen molar-refractivity contribution >= 4 is 19.9 Å². The zero-order valence-corrected chi connectivity index (χ0v) is 13.7. The smallest absolute Gasteiger partial charge is 0.327 e. The summed E-state index contributed by atoms with van der Waals surface area (Å²) in [4.78, 5) is 0. The predicted octanol–water partition coefficient (Wildman–Crippen LogP) is 0.778. The fraction of sp³-hybridized carbons (Fsp3) is 0.500. The topological polar surface area (TPSA) is 94.1 Å². The number of benzene rings is 1. The third kappa shape index (κ3) is 4.58. The van der Waals surface area contributed by atoms with Gasteiger partial charge in [-0.05, 0) is 19.1 Å². The van der Waals surface area contributed by atoms with Crippen LogP contribution in [0.4, 0.5) is 0 Å². The molecule has 1 aliphatic rings. The largest absolute Gasteiger partial charge is 0.485 e. The van der Waals surface area contributed by atoms with Crippen molar-refractivity contribution in [3.8, 4) is 11.5 Å². The van der Waals surface area contributed by atoms with Crippen molar-refractivity contribution in [2.45, 2.75) is 12.5 Å². The van der Waals surface area contributed by atoms with Gasteiger partial charge in [0.05, 0.1) is 16.3 Å². The summed E-state index contributed by atoms with van der Waals surface area (Å²) in [5.74, 6) is 1.17. The van der Waals surface area contributed by atoms with Crippen LogP contribution in [0.25, 0.3) is 0 Å². The van der Waals surface area contributed by atoms with Crippen LogP contribution in [0.15, 0.2) is 28.0 Å². The Balaban J connectivity index is 2.10. The Labute approximate surface area is 125 Å². The third-order valence-electron chi connectivity index (χ3n) is 2.64. The number of hydrogen-bond donors (Lipinski definition) is 1. The summed E-state index contributed by atoms with van der Waals surface area (Å²) in [7, 11) is -6.74. The molecule has 0 aliphatic carbocycles. The lowest BCUT2D eigenvalue weighted by molar-refractivity contribution is 0.0107. The molecule has 21 heavy (non-hydrogen) atoms. The highest BCUT2D eigenvalue weighted by atomic mass is 32.3. The highest BCUT2D eigenvalue weighted by molar-refractivity contribution is 8.01. The lowest BCUT2D eigenvalue weighted by atomic mass is 10.1. The second-order valence-electron chi connectivity index (χ2n) is 5.34. The zero-order chi connectivity index (χ0) is 15.7. The van der Waals surface area contributed by atoms with E-state index in [2.05, 4.69) is 8.49 Å². The van der Waals surface area contributed by atoms with Gasteiger partial charge in [-0.2, -0.15) is 13.1 Å². The van der Waals surface area contributed by atoms with Gasteiger partial charge in [-0.1, -0.05) is 15.9 Å². The molecule has 1 aromatic rings. The molecule has 0 amide bonds. The summed E-state index contributed by atoms with van der Waals surface area (Å²) in [6.45, 7) is 1.88. The molecule has 0 bridgehead atoms. The summed E-state index contributed by atoms with van der Waals surface area (Å²) in [6, 6.07) is 7.15. The van der Waals surface area contributed by atoms with Crippen molar-refractivity contribution < 1.29 is 22.1 Å². The van der Waals surface area contributed by atoms with Gasteiger partial charge in [0, 0.05) is 12.5 Å². The van der Waals surface area contributed by atoms with Gasteiger partial charge in [0.25, 0.3) is 0 Å². The average molecular weight is 334 g/mol. The summed E-state index contributed by atoms with van der Waals surface area (Å²) in [5, 5.41) is 0. The van der Waals surface area contributed by atoms with Crippen LogP contribution in [0.3, 0.4) is 0 Å². The third-order valence-corrected chi connectivity index (χ3v) is 5.37. The minimum Gasteiger partial charge on any atom is -0.485 e. The first-order chi connectivity index (χ1) is 9.59. The van der Waals surface area contributed by atoms with E-state index < -0.39 is 25.5 Å². The Bertz CT molecular complexity index is 745. The van der Waals surface area contributed by atoms with E-state index in [-0.39, 0.29) is 13.2 Å². The first-order valence-electron chi connectivity index (χ1n) is 6.17. The average Bonchev–Trinajstić information content (AvgIpc) is 2.34. The Morgan fingerprint density at radius 1 is 1.24 bits per heavy atom. The van der Waals surface area contributed by atoms with Gasteiger partial charge >= 0.3 is 10.2 Å². The van der Waals surface area contributed by atoms with Gasteiger partial charge in [-0.25, -0.2) is 4.21 Å². The van der Waals surface area contributed by atoms with Crippen LogP contribution in [0.1, 0.15) is 6.92 Å². The van der Waals surface area contributed by atoms with E-state index >= 15 is 0 Å². The molecule has 1 heterocycles. The number of hydrogen-bond acceptors (Lipinski definition) is 5. The highest BCUT2D eigenvalue weighted by Crippen LogP contribution is 2.34. The second-order valence-corrected chi connectivity index (χ2v) is 9.54. The van der Waals surface area contributed by atoms with Gasteiger partial charge in [0.15, 0.2) is 17.1 Å². The number of ether oxygens (including phenoxy) is 2. The molecule has 1 N–H and O–H groups in total. The van der Waals surface area contributed by atoms with E-state index in [4.69, 9.17) is 9.47 Å². The van der Waals surface area contributed by atoms with Crippen molar-refractivity contribution in [1.29, 1.82) is 0 Å². The minimum atomic E-state index is -3.99. The fourth-order valence-corrected chi connectivity index (χ4v) is 4.36. The van der Waals surface area contributed by atoms with Crippen molar-refractivity contribution in [2.24, 2.45) is 3.77 Å². The molecular formula is C12H18N2O5S2. The summed E-state index contributed by atoms with van der Waals surface area (Å²) in [5.41, 5.74) is -0.862. The lowest BCUT2D eigenvalue weighted by Gasteiger charge is -2.35. The van der Waals surface area contributed by atoms with Crippen molar-refractivity contribution in [3.05, 3.63) is 24.3 Å². The van der Waals surface area contributed by atoms with E-state index in [0.717, 1.165) is 0 Å². The maximum atomic E-state index is 11.7. The first-order valence-corrected chi connectivity index (χ1v) is 9.95. The van der Waals surface area contributed by atoms with Crippen LogP contribution in [0.5, 0.6) is 11.5 Å². The van der Waals surface area contributed by atoms with Crippen LogP contribution in [0.2, 0.25) is 0 Å². The molecule has 1 aliphatic heterocycles. The molecule has 0 saturated heterocycles. The Morgan fingerprint density at radius 3 is 2.48 bits per heavy atom. The number of fused-ring (bicyclic) bond motifs is 1. The van der Waals surface area contributed by atoms with Gasteiger partial charge in [-0.15, -0.1) is 0 Å².